The lowest BCUT2D eigenvalue weighted by Gasteiger charge is -2.37. The number of carboxylic acids is 1. The number of carboxylic acid groups (broad SMARTS) is 1. The highest BCUT2D eigenvalue weighted by Gasteiger charge is 2.29. The standard InChI is InChI=1S/C12H24N2O2/c1-4-5-11(12(15)16)14-8-6-10(7-9-14)13(2)3/h10-11H,4-9H2,1-3H3,(H,15,16). The lowest BCUT2D eigenvalue weighted by Crippen LogP contribution is -2.49. The van der Waals surface area contributed by atoms with E-state index in [-0.39, 0.29) is 6.04 Å². The predicted molar refractivity (Wildman–Crippen MR) is 64.6 cm³/mol. The lowest BCUT2D eigenvalue weighted by molar-refractivity contribution is -0.144. The highest BCUT2D eigenvalue weighted by Crippen LogP contribution is 2.18. The van der Waals surface area contributed by atoms with Crippen molar-refractivity contribution in [3.8, 4) is 0 Å². The first-order chi connectivity index (χ1) is 7.56. The molecule has 16 heavy (non-hydrogen) atoms. The van der Waals surface area contributed by atoms with Gasteiger partial charge in [0, 0.05) is 19.1 Å². The van der Waals surface area contributed by atoms with Crippen molar-refractivity contribution in [2.75, 3.05) is 27.2 Å². The molecule has 1 N–H and O–H groups in total. The molecule has 0 aromatic heterocycles. The molecule has 1 aliphatic heterocycles. The van der Waals surface area contributed by atoms with Crippen molar-refractivity contribution in [3.05, 3.63) is 0 Å². The Kier molecular flexibility index (Phi) is 5.22. The molecule has 0 radical (unpaired) electrons. The van der Waals surface area contributed by atoms with Crippen LogP contribution in [0.1, 0.15) is 32.6 Å². The van der Waals surface area contributed by atoms with Gasteiger partial charge in [0.05, 0.1) is 0 Å². The third-order valence-electron chi connectivity index (χ3n) is 3.52. The van der Waals surface area contributed by atoms with E-state index in [1.807, 2.05) is 6.92 Å². The van der Waals surface area contributed by atoms with E-state index < -0.39 is 5.97 Å². The molecule has 0 aromatic carbocycles. The first-order valence-electron chi connectivity index (χ1n) is 6.19. The Morgan fingerprint density at radius 2 is 2.00 bits per heavy atom. The molecule has 1 rings (SSSR count). The van der Waals surface area contributed by atoms with Gasteiger partial charge in [0.25, 0.3) is 0 Å². The van der Waals surface area contributed by atoms with Crippen LogP contribution in [0.2, 0.25) is 0 Å². The first-order valence-corrected chi connectivity index (χ1v) is 6.19. The number of nitrogens with zero attached hydrogens (tertiary/aromatic N) is 2. The Morgan fingerprint density at radius 1 is 1.44 bits per heavy atom. The van der Waals surface area contributed by atoms with Crippen LogP contribution in [0.3, 0.4) is 0 Å². The fourth-order valence-electron chi connectivity index (χ4n) is 2.45. The van der Waals surface area contributed by atoms with Crippen LogP contribution in [0.5, 0.6) is 0 Å². The zero-order chi connectivity index (χ0) is 12.1. The third-order valence-corrected chi connectivity index (χ3v) is 3.52. The molecular weight excluding hydrogens is 204 g/mol. The van der Waals surface area contributed by atoms with Gasteiger partial charge in [0.1, 0.15) is 6.04 Å². The molecule has 0 aliphatic carbocycles. The molecular formula is C12H24N2O2. The summed E-state index contributed by atoms with van der Waals surface area (Å²) in [5.74, 6) is -0.662. The van der Waals surface area contributed by atoms with Crippen LogP contribution in [-0.4, -0.2) is 60.1 Å². The van der Waals surface area contributed by atoms with Crippen LogP contribution < -0.4 is 0 Å². The summed E-state index contributed by atoms with van der Waals surface area (Å²) in [5.41, 5.74) is 0. The number of hydrogen-bond donors (Lipinski definition) is 1. The first kappa shape index (κ1) is 13.5. The fourth-order valence-corrected chi connectivity index (χ4v) is 2.45. The second kappa shape index (κ2) is 6.21. The van der Waals surface area contributed by atoms with E-state index >= 15 is 0 Å². The van der Waals surface area contributed by atoms with Gasteiger partial charge in [-0.2, -0.15) is 0 Å². The van der Waals surface area contributed by atoms with Crippen molar-refractivity contribution in [3.63, 3.8) is 0 Å². The summed E-state index contributed by atoms with van der Waals surface area (Å²) in [6, 6.07) is 0.348. The molecule has 1 saturated heterocycles. The normalized spacial score (nSPS) is 21.2. The minimum Gasteiger partial charge on any atom is -0.480 e. The van der Waals surface area contributed by atoms with Crippen LogP contribution in [0.25, 0.3) is 0 Å². The molecule has 4 heteroatoms. The van der Waals surface area contributed by atoms with E-state index in [1.54, 1.807) is 0 Å². The van der Waals surface area contributed by atoms with Gasteiger partial charge in [-0.1, -0.05) is 13.3 Å². The summed E-state index contributed by atoms with van der Waals surface area (Å²) >= 11 is 0. The van der Waals surface area contributed by atoms with Crippen LogP contribution >= 0.6 is 0 Å². The maximum absolute atomic E-state index is 11.2. The second-order valence-electron chi connectivity index (χ2n) is 4.87. The number of piperidine rings is 1. The topological polar surface area (TPSA) is 43.8 Å². The van der Waals surface area contributed by atoms with Gasteiger partial charge >= 0.3 is 5.97 Å². The molecule has 0 spiro atoms. The zero-order valence-electron chi connectivity index (χ0n) is 10.6. The van der Waals surface area contributed by atoms with E-state index in [4.69, 9.17) is 0 Å². The average molecular weight is 228 g/mol. The van der Waals surface area contributed by atoms with Crippen molar-refractivity contribution < 1.29 is 9.90 Å². The average Bonchev–Trinajstić information content (AvgIpc) is 2.25. The summed E-state index contributed by atoms with van der Waals surface area (Å²) in [5, 5.41) is 9.18. The van der Waals surface area contributed by atoms with Gasteiger partial charge in [-0.15, -0.1) is 0 Å². The minimum absolute atomic E-state index is 0.270. The van der Waals surface area contributed by atoms with Crippen molar-refractivity contribution in [1.29, 1.82) is 0 Å². The van der Waals surface area contributed by atoms with Crippen LogP contribution in [0.4, 0.5) is 0 Å². The molecule has 4 nitrogen and oxygen atoms in total. The highest BCUT2D eigenvalue weighted by molar-refractivity contribution is 5.73. The Labute approximate surface area is 98.2 Å². The zero-order valence-corrected chi connectivity index (χ0v) is 10.6. The Hall–Kier alpha value is -0.610. The minimum atomic E-state index is -0.662. The van der Waals surface area contributed by atoms with Gasteiger partial charge in [-0.3, -0.25) is 9.69 Å². The molecule has 0 bridgehead atoms. The fraction of sp³-hybridized carbons (Fsp3) is 0.917. The quantitative estimate of drug-likeness (QED) is 0.769. The number of aliphatic carboxylic acids is 1. The van der Waals surface area contributed by atoms with E-state index in [1.165, 1.54) is 0 Å². The summed E-state index contributed by atoms with van der Waals surface area (Å²) < 4.78 is 0. The molecule has 1 unspecified atom stereocenters. The largest absolute Gasteiger partial charge is 0.480 e. The van der Waals surface area contributed by atoms with Gasteiger partial charge in [0.15, 0.2) is 0 Å². The van der Waals surface area contributed by atoms with Gasteiger partial charge in [-0.25, -0.2) is 0 Å². The molecule has 0 aromatic rings. The number of hydrogen-bond acceptors (Lipinski definition) is 3. The molecule has 1 heterocycles. The van der Waals surface area contributed by atoms with E-state index in [2.05, 4.69) is 23.9 Å². The van der Waals surface area contributed by atoms with Gasteiger partial charge in [0.2, 0.25) is 0 Å². The summed E-state index contributed by atoms with van der Waals surface area (Å²) in [4.78, 5) is 15.5. The van der Waals surface area contributed by atoms with Crippen molar-refractivity contribution in [2.24, 2.45) is 0 Å². The van der Waals surface area contributed by atoms with Crippen LogP contribution in [0, 0.1) is 0 Å². The maximum Gasteiger partial charge on any atom is 0.320 e. The van der Waals surface area contributed by atoms with Crippen LogP contribution in [0.15, 0.2) is 0 Å². The van der Waals surface area contributed by atoms with E-state index in [9.17, 15) is 9.90 Å². The molecule has 0 saturated carbocycles. The maximum atomic E-state index is 11.2. The molecule has 0 amide bonds. The van der Waals surface area contributed by atoms with Gasteiger partial charge < -0.3 is 10.0 Å². The van der Waals surface area contributed by atoms with Gasteiger partial charge in [-0.05, 0) is 33.4 Å². The smallest absolute Gasteiger partial charge is 0.320 e. The monoisotopic (exact) mass is 228 g/mol. The highest BCUT2D eigenvalue weighted by atomic mass is 16.4. The number of rotatable bonds is 5. The SMILES string of the molecule is CCCC(C(=O)O)N1CCC(N(C)C)CC1. The predicted octanol–water partition coefficient (Wildman–Crippen LogP) is 1.27. The van der Waals surface area contributed by atoms with Crippen LogP contribution in [-0.2, 0) is 4.79 Å². The molecule has 94 valence electrons. The van der Waals surface area contributed by atoms with E-state index in [0.29, 0.717) is 6.04 Å². The molecule has 1 aliphatic rings. The Bertz CT molecular complexity index is 223. The number of carbonyl (C=O) groups is 1. The third kappa shape index (κ3) is 3.46. The van der Waals surface area contributed by atoms with Crippen molar-refractivity contribution in [2.45, 2.75) is 44.7 Å². The summed E-state index contributed by atoms with van der Waals surface area (Å²) in [7, 11) is 4.20. The summed E-state index contributed by atoms with van der Waals surface area (Å²) in [6.07, 6.45) is 3.87. The summed E-state index contributed by atoms with van der Waals surface area (Å²) in [6.45, 7) is 3.88. The molecule has 1 atom stereocenters. The van der Waals surface area contributed by atoms with Crippen molar-refractivity contribution >= 4 is 5.97 Å². The van der Waals surface area contributed by atoms with E-state index in [0.717, 1.165) is 38.8 Å². The number of likely N-dealkylation sites (tertiary alicyclic amines) is 1. The Morgan fingerprint density at radius 3 is 2.38 bits per heavy atom. The lowest BCUT2D eigenvalue weighted by atomic mass is 10.0. The van der Waals surface area contributed by atoms with Crippen molar-refractivity contribution in [1.82, 2.24) is 9.80 Å². The second-order valence-corrected chi connectivity index (χ2v) is 4.87. The Balaban J connectivity index is 2.47. The molecule has 1 fully saturated rings.